The molecule has 0 spiro atoms. The lowest BCUT2D eigenvalue weighted by Gasteiger charge is -2.13. The Morgan fingerprint density at radius 1 is 1.00 bits per heavy atom. The van der Waals surface area contributed by atoms with Gasteiger partial charge in [-0.05, 0) is 23.3 Å². The van der Waals surface area contributed by atoms with E-state index in [9.17, 15) is 18.0 Å². The third-order valence-corrected chi connectivity index (χ3v) is 2.93. The van der Waals surface area contributed by atoms with Gasteiger partial charge >= 0.3 is 6.18 Å². The third kappa shape index (κ3) is 3.29. The molecule has 0 aromatic heterocycles. The van der Waals surface area contributed by atoms with E-state index in [1.165, 1.54) is 42.5 Å². The summed E-state index contributed by atoms with van der Waals surface area (Å²) in [6.07, 6.45) is -6.72. The Labute approximate surface area is 118 Å². The van der Waals surface area contributed by atoms with E-state index < -0.39 is 23.8 Å². The van der Waals surface area contributed by atoms with Gasteiger partial charge < -0.3 is 10.2 Å². The lowest BCUT2D eigenvalue weighted by molar-refractivity contribution is -0.137. The first-order chi connectivity index (χ1) is 9.80. The minimum Gasteiger partial charge on any atom is -0.362 e. The van der Waals surface area contributed by atoms with Crippen LogP contribution in [-0.2, 0) is 6.18 Å². The van der Waals surface area contributed by atoms with Crippen LogP contribution in [0.3, 0.4) is 0 Å². The highest BCUT2D eigenvalue weighted by molar-refractivity contribution is 5.99. The SMILES string of the molecule is O=C(c1cccc(-c2ccccc2C(F)(F)F)c1)C(O)O. The smallest absolute Gasteiger partial charge is 0.362 e. The number of carbonyl (C=O) groups excluding carboxylic acids is 1. The van der Waals surface area contributed by atoms with Gasteiger partial charge in [-0.25, -0.2) is 0 Å². The number of aliphatic hydroxyl groups excluding tert-OH is 1. The number of benzene rings is 2. The monoisotopic (exact) mass is 296 g/mol. The lowest BCUT2D eigenvalue weighted by atomic mass is 9.97. The molecule has 0 saturated carbocycles. The van der Waals surface area contributed by atoms with E-state index in [0.717, 1.165) is 6.07 Å². The second-order valence-corrected chi connectivity index (χ2v) is 4.36. The maximum Gasteiger partial charge on any atom is 0.417 e. The van der Waals surface area contributed by atoms with E-state index in [1.807, 2.05) is 0 Å². The molecule has 0 radical (unpaired) electrons. The van der Waals surface area contributed by atoms with Gasteiger partial charge in [-0.15, -0.1) is 0 Å². The second-order valence-electron chi connectivity index (χ2n) is 4.36. The van der Waals surface area contributed by atoms with Crippen molar-refractivity contribution in [3.63, 3.8) is 0 Å². The standard InChI is InChI=1S/C15H11F3O3/c16-15(17,18)12-7-2-1-6-11(12)9-4-3-5-10(8-9)13(19)14(20)21/h1-8,14,20-21H. The summed E-state index contributed by atoms with van der Waals surface area (Å²) in [4.78, 5) is 11.5. The molecule has 2 aromatic rings. The number of hydrogen-bond donors (Lipinski definition) is 2. The summed E-state index contributed by atoms with van der Waals surface area (Å²) in [6.45, 7) is 0. The zero-order valence-corrected chi connectivity index (χ0v) is 10.6. The molecule has 0 unspecified atom stereocenters. The maximum absolute atomic E-state index is 13.0. The molecule has 6 heteroatoms. The molecule has 0 atom stereocenters. The number of ketones is 1. The fraction of sp³-hybridized carbons (Fsp3) is 0.133. The van der Waals surface area contributed by atoms with E-state index in [0.29, 0.717) is 0 Å². The molecule has 2 N–H and O–H groups in total. The van der Waals surface area contributed by atoms with Crippen molar-refractivity contribution < 1.29 is 28.2 Å². The van der Waals surface area contributed by atoms with Crippen molar-refractivity contribution in [3.8, 4) is 11.1 Å². The van der Waals surface area contributed by atoms with Crippen molar-refractivity contribution in [2.75, 3.05) is 0 Å². The van der Waals surface area contributed by atoms with Crippen molar-refractivity contribution in [1.29, 1.82) is 0 Å². The summed E-state index contributed by atoms with van der Waals surface area (Å²) in [5, 5.41) is 17.7. The van der Waals surface area contributed by atoms with E-state index in [4.69, 9.17) is 10.2 Å². The molecular weight excluding hydrogens is 285 g/mol. The van der Waals surface area contributed by atoms with Gasteiger partial charge in [-0.2, -0.15) is 13.2 Å². The minimum atomic E-state index is -4.52. The van der Waals surface area contributed by atoms with Crippen LogP contribution < -0.4 is 0 Å². The Morgan fingerprint density at radius 2 is 1.67 bits per heavy atom. The molecule has 3 nitrogen and oxygen atoms in total. The topological polar surface area (TPSA) is 57.5 Å². The summed E-state index contributed by atoms with van der Waals surface area (Å²) < 4.78 is 38.9. The molecule has 0 saturated heterocycles. The van der Waals surface area contributed by atoms with Crippen LogP contribution in [0.1, 0.15) is 15.9 Å². The first-order valence-corrected chi connectivity index (χ1v) is 5.97. The zero-order chi connectivity index (χ0) is 15.6. The van der Waals surface area contributed by atoms with Crippen LogP contribution in [0.5, 0.6) is 0 Å². The average molecular weight is 296 g/mol. The van der Waals surface area contributed by atoms with E-state index >= 15 is 0 Å². The lowest BCUT2D eigenvalue weighted by Crippen LogP contribution is -2.19. The van der Waals surface area contributed by atoms with E-state index in [-0.39, 0.29) is 16.7 Å². The number of hydrogen-bond acceptors (Lipinski definition) is 3. The summed E-state index contributed by atoms with van der Waals surface area (Å²) in [7, 11) is 0. The molecule has 110 valence electrons. The number of carbonyl (C=O) groups is 1. The van der Waals surface area contributed by atoms with Crippen molar-refractivity contribution in [1.82, 2.24) is 0 Å². The van der Waals surface area contributed by atoms with Gasteiger partial charge in [0.2, 0.25) is 12.1 Å². The van der Waals surface area contributed by atoms with Gasteiger partial charge in [0.1, 0.15) is 0 Å². The van der Waals surface area contributed by atoms with E-state index in [1.54, 1.807) is 0 Å². The van der Waals surface area contributed by atoms with Crippen LogP contribution >= 0.6 is 0 Å². The Bertz CT molecular complexity index is 663. The molecule has 0 aliphatic rings. The number of halogens is 3. The molecular formula is C15H11F3O3. The largest absolute Gasteiger partial charge is 0.417 e. The molecule has 2 aromatic carbocycles. The van der Waals surface area contributed by atoms with Crippen LogP contribution in [0.2, 0.25) is 0 Å². The van der Waals surface area contributed by atoms with Crippen LogP contribution in [0, 0.1) is 0 Å². The Hall–Kier alpha value is -2.18. The van der Waals surface area contributed by atoms with Crippen LogP contribution in [0.4, 0.5) is 13.2 Å². The highest BCUT2D eigenvalue weighted by Crippen LogP contribution is 2.37. The van der Waals surface area contributed by atoms with Crippen LogP contribution in [0.15, 0.2) is 48.5 Å². The Kier molecular flexibility index (Phi) is 4.11. The Balaban J connectivity index is 2.54. The number of alkyl halides is 3. The van der Waals surface area contributed by atoms with Gasteiger partial charge in [0.25, 0.3) is 0 Å². The normalized spacial score (nSPS) is 11.7. The van der Waals surface area contributed by atoms with Gasteiger partial charge in [0.05, 0.1) is 5.56 Å². The van der Waals surface area contributed by atoms with Crippen LogP contribution in [0.25, 0.3) is 11.1 Å². The molecule has 0 bridgehead atoms. The second kappa shape index (κ2) is 5.67. The van der Waals surface area contributed by atoms with Crippen molar-refractivity contribution in [2.45, 2.75) is 12.5 Å². The quantitative estimate of drug-likeness (QED) is 0.676. The van der Waals surface area contributed by atoms with Crippen LogP contribution in [-0.4, -0.2) is 22.3 Å². The van der Waals surface area contributed by atoms with Crippen molar-refractivity contribution in [3.05, 3.63) is 59.7 Å². The van der Waals surface area contributed by atoms with E-state index in [2.05, 4.69) is 0 Å². The minimum absolute atomic E-state index is 0.0699. The molecule has 0 heterocycles. The first kappa shape index (κ1) is 15.2. The highest BCUT2D eigenvalue weighted by atomic mass is 19.4. The number of rotatable bonds is 3. The van der Waals surface area contributed by atoms with Gasteiger partial charge in [0, 0.05) is 5.56 Å². The average Bonchev–Trinajstić information content (AvgIpc) is 2.45. The summed E-state index contributed by atoms with van der Waals surface area (Å²) in [5.74, 6) is -0.971. The fourth-order valence-electron chi connectivity index (χ4n) is 1.97. The fourth-order valence-corrected chi connectivity index (χ4v) is 1.97. The maximum atomic E-state index is 13.0. The number of Topliss-reactive ketones (excluding diaryl/α,β-unsaturated/α-hetero) is 1. The third-order valence-electron chi connectivity index (χ3n) is 2.93. The van der Waals surface area contributed by atoms with Gasteiger partial charge in [0.15, 0.2) is 0 Å². The Morgan fingerprint density at radius 3 is 2.29 bits per heavy atom. The van der Waals surface area contributed by atoms with Crippen molar-refractivity contribution >= 4 is 5.78 Å². The molecule has 0 amide bonds. The molecule has 0 aliphatic carbocycles. The first-order valence-electron chi connectivity index (χ1n) is 5.97. The van der Waals surface area contributed by atoms with Gasteiger partial charge in [-0.3, -0.25) is 4.79 Å². The summed E-state index contributed by atoms with van der Waals surface area (Å²) in [6, 6.07) is 10.3. The molecule has 2 rings (SSSR count). The number of aliphatic hydroxyl groups is 2. The molecule has 21 heavy (non-hydrogen) atoms. The molecule has 0 fully saturated rings. The summed E-state index contributed by atoms with van der Waals surface area (Å²) in [5.41, 5.74) is -0.792. The summed E-state index contributed by atoms with van der Waals surface area (Å²) >= 11 is 0. The molecule has 0 aliphatic heterocycles. The highest BCUT2D eigenvalue weighted by Gasteiger charge is 2.33. The predicted octanol–water partition coefficient (Wildman–Crippen LogP) is 2.87. The zero-order valence-electron chi connectivity index (χ0n) is 10.6. The van der Waals surface area contributed by atoms with Gasteiger partial charge in [-0.1, -0.05) is 36.4 Å². The predicted molar refractivity (Wildman–Crippen MR) is 69.4 cm³/mol. The van der Waals surface area contributed by atoms with Crippen molar-refractivity contribution in [2.24, 2.45) is 0 Å².